The second kappa shape index (κ2) is 9.13. The van der Waals surface area contributed by atoms with Gasteiger partial charge in [-0.15, -0.1) is 0 Å². The number of nitrogens with zero attached hydrogens (tertiary/aromatic N) is 2. The second-order valence-electron chi connectivity index (χ2n) is 7.84. The summed E-state index contributed by atoms with van der Waals surface area (Å²) < 4.78 is 5.07. The number of rotatable bonds is 7. The maximum atomic E-state index is 12.8. The van der Waals surface area contributed by atoms with Crippen LogP contribution in [0.15, 0.2) is 18.2 Å². The second-order valence-corrected chi connectivity index (χ2v) is 8.25. The molecule has 2 saturated heterocycles. The van der Waals surface area contributed by atoms with Crippen LogP contribution >= 0.6 is 11.6 Å². The fraction of sp³-hybridized carbons (Fsp3) is 0.571. The lowest BCUT2D eigenvalue weighted by Gasteiger charge is -2.23. The molecule has 2 aliphatic heterocycles. The number of halogens is 1. The Morgan fingerprint density at radius 2 is 2.00 bits per heavy atom. The number of hydrogen-bond donors (Lipinski definition) is 1. The molecule has 0 bridgehead atoms. The van der Waals surface area contributed by atoms with E-state index in [1.54, 1.807) is 30.2 Å². The summed E-state index contributed by atoms with van der Waals surface area (Å²) >= 11 is 6.07. The molecule has 1 spiro atoms. The van der Waals surface area contributed by atoms with Crippen molar-refractivity contribution >= 4 is 35.0 Å². The molecule has 0 aromatic heterocycles. The first-order valence-electron chi connectivity index (χ1n) is 9.97. The van der Waals surface area contributed by atoms with Gasteiger partial charge in [-0.3, -0.25) is 14.4 Å². The van der Waals surface area contributed by atoms with Crippen molar-refractivity contribution in [1.29, 1.82) is 0 Å². The van der Waals surface area contributed by atoms with Crippen molar-refractivity contribution in [2.24, 2.45) is 5.41 Å². The molecule has 8 heteroatoms. The quantitative estimate of drug-likeness (QED) is 0.733. The maximum absolute atomic E-state index is 12.8. The van der Waals surface area contributed by atoms with Gasteiger partial charge >= 0.3 is 0 Å². The molecular weight excluding hydrogens is 394 g/mol. The van der Waals surface area contributed by atoms with Gasteiger partial charge in [0.05, 0.1) is 12.0 Å². The van der Waals surface area contributed by atoms with E-state index in [0.717, 1.165) is 12.0 Å². The Labute approximate surface area is 176 Å². The zero-order valence-corrected chi connectivity index (χ0v) is 17.8. The number of carbonyl (C=O) groups excluding carboxylic acids is 3. The Hall–Kier alpha value is -2.12. The molecule has 158 valence electrons. The molecule has 29 heavy (non-hydrogen) atoms. The first-order chi connectivity index (χ1) is 13.9. The smallest absolute Gasteiger partial charge is 0.230 e. The van der Waals surface area contributed by atoms with Crippen LogP contribution in [0.3, 0.4) is 0 Å². The lowest BCUT2D eigenvalue weighted by Crippen LogP contribution is -2.39. The Balaban J connectivity index is 1.49. The monoisotopic (exact) mass is 421 g/mol. The van der Waals surface area contributed by atoms with Crippen LogP contribution in [0, 0.1) is 12.3 Å². The van der Waals surface area contributed by atoms with Gasteiger partial charge < -0.3 is 19.9 Å². The van der Waals surface area contributed by atoms with Gasteiger partial charge in [0.25, 0.3) is 0 Å². The Morgan fingerprint density at radius 1 is 1.24 bits per heavy atom. The lowest BCUT2D eigenvalue weighted by atomic mass is 9.85. The number of methoxy groups -OCH3 is 1. The molecule has 1 N–H and O–H groups in total. The minimum absolute atomic E-state index is 0.0806. The maximum Gasteiger partial charge on any atom is 0.230 e. The van der Waals surface area contributed by atoms with Crippen molar-refractivity contribution in [3.8, 4) is 0 Å². The zero-order valence-electron chi connectivity index (χ0n) is 17.0. The molecule has 2 aliphatic rings. The van der Waals surface area contributed by atoms with Gasteiger partial charge in [-0.1, -0.05) is 17.7 Å². The first kappa shape index (κ1) is 21.6. The third-order valence-corrected chi connectivity index (χ3v) is 6.39. The minimum Gasteiger partial charge on any atom is -0.383 e. The summed E-state index contributed by atoms with van der Waals surface area (Å²) in [6.45, 7) is 4.67. The summed E-state index contributed by atoms with van der Waals surface area (Å²) in [5.41, 5.74) is 1.000. The van der Waals surface area contributed by atoms with Gasteiger partial charge in [-0.05, 0) is 37.5 Å². The van der Waals surface area contributed by atoms with Gasteiger partial charge in [0.15, 0.2) is 0 Å². The lowest BCUT2D eigenvalue weighted by molar-refractivity contribution is -0.137. The molecule has 1 aromatic rings. The average Bonchev–Trinajstić information content (AvgIpc) is 3.27. The summed E-state index contributed by atoms with van der Waals surface area (Å²) in [6, 6.07) is 5.32. The normalized spacial score (nSPS) is 21.3. The highest BCUT2D eigenvalue weighted by Gasteiger charge is 2.51. The minimum atomic E-state index is -0.455. The number of nitrogens with one attached hydrogen (secondary N) is 1. The number of hydrogen-bond acceptors (Lipinski definition) is 4. The molecule has 1 aromatic carbocycles. The van der Waals surface area contributed by atoms with Gasteiger partial charge in [0.1, 0.15) is 0 Å². The molecule has 2 fully saturated rings. The van der Waals surface area contributed by atoms with Gasteiger partial charge in [-0.25, -0.2) is 0 Å². The van der Waals surface area contributed by atoms with Crippen molar-refractivity contribution in [2.45, 2.75) is 32.6 Å². The number of ether oxygens (including phenoxy) is 1. The first-order valence-corrected chi connectivity index (χ1v) is 10.4. The van der Waals surface area contributed by atoms with Gasteiger partial charge in [0, 0.05) is 56.8 Å². The molecule has 3 rings (SSSR count). The van der Waals surface area contributed by atoms with Crippen LogP contribution < -0.4 is 5.32 Å². The van der Waals surface area contributed by atoms with Crippen molar-refractivity contribution in [3.05, 3.63) is 28.8 Å². The summed E-state index contributed by atoms with van der Waals surface area (Å²) in [7, 11) is 1.62. The number of benzene rings is 1. The Bertz CT molecular complexity index is 800. The van der Waals surface area contributed by atoms with Crippen LogP contribution in [0.1, 0.15) is 31.2 Å². The van der Waals surface area contributed by atoms with Crippen molar-refractivity contribution in [3.63, 3.8) is 0 Å². The van der Waals surface area contributed by atoms with E-state index in [4.69, 9.17) is 16.3 Å². The van der Waals surface area contributed by atoms with E-state index in [0.29, 0.717) is 49.9 Å². The van der Waals surface area contributed by atoms with Crippen LogP contribution in [-0.2, 0) is 19.1 Å². The molecule has 3 amide bonds. The number of carbonyl (C=O) groups is 3. The molecule has 1 unspecified atom stereocenters. The van der Waals surface area contributed by atoms with Gasteiger partial charge in [0.2, 0.25) is 17.7 Å². The van der Waals surface area contributed by atoms with E-state index in [1.165, 1.54) is 0 Å². The van der Waals surface area contributed by atoms with Crippen LogP contribution in [0.2, 0.25) is 5.02 Å². The number of anilines is 1. The van der Waals surface area contributed by atoms with Crippen LogP contribution in [0.4, 0.5) is 5.69 Å². The molecule has 0 saturated carbocycles. The molecule has 1 atom stereocenters. The predicted molar refractivity (Wildman–Crippen MR) is 111 cm³/mol. The summed E-state index contributed by atoms with van der Waals surface area (Å²) in [5.74, 6) is -0.178. The van der Waals surface area contributed by atoms with Crippen LogP contribution in [0.25, 0.3) is 0 Å². The largest absolute Gasteiger partial charge is 0.383 e. The predicted octanol–water partition coefficient (Wildman–Crippen LogP) is 2.46. The Kier molecular flexibility index (Phi) is 6.80. The van der Waals surface area contributed by atoms with Gasteiger partial charge in [-0.2, -0.15) is 0 Å². The topological polar surface area (TPSA) is 79.0 Å². The summed E-state index contributed by atoms with van der Waals surface area (Å²) in [4.78, 5) is 41.2. The highest BCUT2D eigenvalue weighted by molar-refractivity contribution is 6.31. The zero-order chi connectivity index (χ0) is 21.0. The highest BCUT2D eigenvalue weighted by Crippen LogP contribution is 2.40. The third kappa shape index (κ3) is 4.73. The molecule has 0 radical (unpaired) electrons. The van der Waals surface area contributed by atoms with Crippen molar-refractivity contribution in [2.75, 3.05) is 45.2 Å². The SMILES string of the molecule is COCCN1CCC2(CCN(C(=O)CCC(=O)Nc3cccc(Cl)c3C)C2)C1=O. The van der Waals surface area contributed by atoms with Crippen molar-refractivity contribution < 1.29 is 19.1 Å². The summed E-state index contributed by atoms with van der Waals surface area (Å²) in [5, 5.41) is 3.40. The fourth-order valence-corrected chi connectivity index (χ4v) is 4.28. The van der Waals surface area contributed by atoms with E-state index in [-0.39, 0.29) is 30.6 Å². The molecule has 7 nitrogen and oxygen atoms in total. The molecule has 0 aliphatic carbocycles. The average molecular weight is 422 g/mol. The van der Waals surface area contributed by atoms with E-state index in [2.05, 4.69) is 5.32 Å². The summed E-state index contributed by atoms with van der Waals surface area (Å²) in [6.07, 6.45) is 1.69. The fourth-order valence-electron chi connectivity index (χ4n) is 4.11. The van der Waals surface area contributed by atoms with E-state index < -0.39 is 5.41 Å². The number of amides is 3. The molecular formula is C21H28ClN3O4. The highest BCUT2D eigenvalue weighted by atomic mass is 35.5. The van der Waals surface area contributed by atoms with Crippen molar-refractivity contribution in [1.82, 2.24) is 9.80 Å². The van der Waals surface area contributed by atoms with E-state index in [1.807, 2.05) is 11.8 Å². The van der Waals surface area contributed by atoms with E-state index in [9.17, 15) is 14.4 Å². The van der Waals surface area contributed by atoms with Crippen LogP contribution in [-0.4, -0.2) is 67.4 Å². The van der Waals surface area contributed by atoms with Crippen LogP contribution in [0.5, 0.6) is 0 Å². The number of likely N-dealkylation sites (tertiary alicyclic amines) is 2. The Morgan fingerprint density at radius 3 is 2.76 bits per heavy atom. The third-order valence-electron chi connectivity index (χ3n) is 5.98. The standard InChI is InChI=1S/C21H28ClN3O4/c1-15-16(22)4-3-5-17(15)23-18(26)6-7-19(27)25-11-9-21(14-25)8-10-24(20(21)28)12-13-29-2/h3-5H,6-14H2,1-2H3,(H,23,26). The molecule has 2 heterocycles. The van der Waals surface area contributed by atoms with E-state index >= 15 is 0 Å².